The molecule has 0 radical (unpaired) electrons. The molecule has 0 aliphatic carbocycles. The lowest BCUT2D eigenvalue weighted by molar-refractivity contribution is 0.590. The first-order valence-corrected chi connectivity index (χ1v) is 27.7. The van der Waals surface area contributed by atoms with Gasteiger partial charge in [0.05, 0.1) is 22.6 Å². The number of hydrogen-bond acceptors (Lipinski definition) is 3. The summed E-state index contributed by atoms with van der Waals surface area (Å²) in [5.74, 6) is 0. The Hall–Kier alpha value is -8.54. The van der Waals surface area contributed by atoms with E-state index in [2.05, 4.69) is 279 Å². The molecule has 78 heavy (non-hydrogen) atoms. The second-order valence-electron chi connectivity index (χ2n) is 24.0. The number of fused-ring (bicyclic) bond motifs is 8. The minimum atomic E-state index is -0.195. The summed E-state index contributed by atoms with van der Waals surface area (Å²) in [7, 11) is 0. The topological polar surface area (TPSA) is 24.6 Å². The average Bonchev–Trinajstić information content (AvgIpc) is 3.21. The van der Waals surface area contributed by atoms with Gasteiger partial charge in [-0.3, -0.25) is 0 Å². The standard InChI is InChI=1S/C73H66BN3O/c1-13-24-55-57-42-59-63(43-61(57)75(60(55)14-2)53-27-19-16-20-28-53)77(71-46(5)37-50(38-47(71)6)54-30-23-32-67-68(54)56-29-21-22-31-66(56)78-67)65-41-52(73(10,11)12)40-64-69(65)74(59)58-34-33-51(72(7,8)9)39-62(58)76(64)70-44(3)35-49(36-45(70)4)48-25-17-15-18-26-48/h13-43H,2H2,1,3-12H3/b24-13-. The summed E-state index contributed by atoms with van der Waals surface area (Å²) >= 11 is 0. The molecule has 0 N–H and O–H groups in total. The summed E-state index contributed by atoms with van der Waals surface area (Å²) in [4.78, 5) is 5.31. The maximum absolute atomic E-state index is 6.46. The van der Waals surface area contributed by atoms with E-state index in [0.717, 1.165) is 44.4 Å². The number of rotatable bonds is 7. The molecule has 2 aromatic heterocycles. The van der Waals surface area contributed by atoms with E-state index in [1.54, 1.807) is 0 Å². The number of anilines is 6. The zero-order chi connectivity index (χ0) is 54.1. The van der Waals surface area contributed by atoms with Crippen LogP contribution in [0.1, 0.15) is 93.1 Å². The molecule has 4 heterocycles. The Kier molecular flexibility index (Phi) is 11.3. The van der Waals surface area contributed by atoms with Gasteiger partial charge in [-0.1, -0.05) is 157 Å². The number of aryl methyl sites for hydroxylation is 4. The fourth-order valence-electron chi connectivity index (χ4n) is 13.2. The summed E-state index contributed by atoms with van der Waals surface area (Å²) in [6.45, 7) is 29.9. The summed E-state index contributed by atoms with van der Waals surface area (Å²) in [5, 5.41) is 3.47. The van der Waals surface area contributed by atoms with Crippen molar-refractivity contribution in [3.05, 3.63) is 227 Å². The Morgan fingerprint density at radius 1 is 0.500 bits per heavy atom. The molecule has 0 saturated heterocycles. The number of hydrogen-bond donors (Lipinski definition) is 0. The maximum Gasteiger partial charge on any atom is 0.252 e. The Balaban J connectivity index is 1.16. The maximum atomic E-state index is 6.46. The molecule has 0 spiro atoms. The minimum Gasteiger partial charge on any atom is -0.456 e. The van der Waals surface area contributed by atoms with Gasteiger partial charge in [0, 0.05) is 50.2 Å². The number of aromatic nitrogens is 1. The first-order chi connectivity index (χ1) is 37.5. The molecule has 9 aromatic carbocycles. The van der Waals surface area contributed by atoms with Crippen LogP contribution in [-0.4, -0.2) is 11.3 Å². The van der Waals surface area contributed by atoms with E-state index in [4.69, 9.17) is 4.42 Å². The highest BCUT2D eigenvalue weighted by molar-refractivity contribution is 7.00. The Morgan fingerprint density at radius 3 is 1.68 bits per heavy atom. The van der Waals surface area contributed by atoms with Gasteiger partial charge in [-0.05, 0) is 196 Å². The van der Waals surface area contributed by atoms with Crippen molar-refractivity contribution in [3.8, 4) is 27.9 Å². The molecule has 5 heteroatoms. The van der Waals surface area contributed by atoms with Crippen molar-refractivity contribution < 1.29 is 4.42 Å². The molecule has 2 aliphatic heterocycles. The van der Waals surface area contributed by atoms with Gasteiger partial charge in [-0.2, -0.15) is 0 Å². The van der Waals surface area contributed by atoms with Crippen LogP contribution in [0.15, 0.2) is 187 Å². The Labute approximate surface area is 460 Å². The van der Waals surface area contributed by atoms with Crippen molar-refractivity contribution in [1.29, 1.82) is 0 Å². The SMILES string of the molecule is C=Cc1c(/C=C\C)c2cc3c(cc2n1-c1ccccc1)N(c1c(C)cc(-c2cccc4oc5ccccc5c24)cc1C)c1cc(C(C)(C)C)cc2c1B3c1ccc(C(C)(C)C)cc1N2c1c(C)cc(-c2ccccc2)cc1C. The molecule has 0 bridgehead atoms. The van der Waals surface area contributed by atoms with Crippen LogP contribution in [-0.2, 0) is 10.8 Å². The molecule has 0 saturated carbocycles. The summed E-state index contributed by atoms with van der Waals surface area (Å²) in [5.41, 5.74) is 29.4. The molecule has 4 nitrogen and oxygen atoms in total. The number of nitrogens with zero attached hydrogens (tertiary/aromatic N) is 3. The molecule has 0 amide bonds. The van der Waals surface area contributed by atoms with E-state index < -0.39 is 0 Å². The smallest absolute Gasteiger partial charge is 0.252 e. The fraction of sp³-hybridized carbons (Fsp3) is 0.178. The number of benzene rings is 9. The van der Waals surface area contributed by atoms with Crippen molar-refractivity contribution in [2.45, 2.75) is 87.0 Å². The zero-order valence-electron chi connectivity index (χ0n) is 46.9. The van der Waals surface area contributed by atoms with Gasteiger partial charge in [0.25, 0.3) is 6.71 Å². The van der Waals surface area contributed by atoms with Crippen LogP contribution in [0.2, 0.25) is 0 Å². The van der Waals surface area contributed by atoms with Crippen LogP contribution in [0, 0.1) is 27.7 Å². The van der Waals surface area contributed by atoms with Crippen molar-refractivity contribution in [3.63, 3.8) is 0 Å². The van der Waals surface area contributed by atoms with Gasteiger partial charge in [-0.15, -0.1) is 0 Å². The van der Waals surface area contributed by atoms with Gasteiger partial charge < -0.3 is 18.8 Å². The lowest BCUT2D eigenvalue weighted by Crippen LogP contribution is -2.61. The summed E-state index contributed by atoms with van der Waals surface area (Å²) < 4.78 is 8.88. The van der Waals surface area contributed by atoms with E-state index in [-0.39, 0.29) is 17.5 Å². The monoisotopic (exact) mass is 1010 g/mol. The van der Waals surface area contributed by atoms with Crippen LogP contribution >= 0.6 is 0 Å². The molecular weight excluding hydrogens is 946 g/mol. The van der Waals surface area contributed by atoms with Crippen LogP contribution in [0.4, 0.5) is 34.1 Å². The summed E-state index contributed by atoms with van der Waals surface area (Å²) in [6.07, 6.45) is 6.48. The lowest BCUT2D eigenvalue weighted by Gasteiger charge is -2.46. The predicted molar refractivity (Wildman–Crippen MR) is 337 cm³/mol. The largest absolute Gasteiger partial charge is 0.456 e. The van der Waals surface area contributed by atoms with Gasteiger partial charge in [-0.25, -0.2) is 0 Å². The van der Waals surface area contributed by atoms with Gasteiger partial charge in [0.15, 0.2) is 0 Å². The third-order valence-electron chi connectivity index (χ3n) is 16.8. The quantitative estimate of drug-likeness (QED) is 0.149. The second kappa shape index (κ2) is 18.0. The number of allylic oxidation sites excluding steroid dienone is 1. The van der Waals surface area contributed by atoms with Crippen molar-refractivity contribution >= 4 is 102 Å². The van der Waals surface area contributed by atoms with Crippen LogP contribution in [0.3, 0.4) is 0 Å². The van der Waals surface area contributed by atoms with Crippen LogP contribution in [0.5, 0.6) is 0 Å². The first-order valence-electron chi connectivity index (χ1n) is 27.7. The van der Waals surface area contributed by atoms with E-state index in [9.17, 15) is 0 Å². The van der Waals surface area contributed by atoms with E-state index in [1.807, 2.05) is 6.08 Å². The second-order valence-corrected chi connectivity index (χ2v) is 24.0. The van der Waals surface area contributed by atoms with Gasteiger partial charge >= 0.3 is 0 Å². The Bertz CT molecular complexity index is 4260. The van der Waals surface area contributed by atoms with E-state index in [1.165, 1.54) is 112 Å². The molecule has 0 unspecified atom stereocenters. The molecule has 0 fully saturated rings. The first kappa shape index (κ1) is 49.1. The predicted octanol–water partition coefficient (Wildman–Crippen LogP) is 18.5. The van der Waals surface area contributed by atoms with E-state index >= 15 is 0 Å². The third kappa shape index (κ3) is 7.57. The lowest BCUT2D eigenvalue weighted by atomic mass is 9.33. The highest BCUT2D eigenvalue weighted by atomic mass is 16.3. The fourth-order valence-corrected chi connectivity index (χ4v) is 13.2. The highest BCUT2D eigenvalue weighted by Gasteiger charge is 2.46. The van der Waals surface area contributed by atoms with Crippen LogP contribution in [0.25, 0.3) is 72.9 Å². The van der Waals surface area contributed by atoms with E-state index in [0.29, 0.717) is 0 Å². The van der Waals surface area contributed by atoms with Crippen molar-refractivity contribution in [2.75, 3.05) is 9.80 Å². The van der Waals surface area contributed by atoms with Crippen LogP contribution < -0.4 is 26.2 Å². The Morgan fingerprint density at radius 2 is 1.06 bits per heavy atom. The third-order valence-corrected chi connectivity index (χ3v) is 16.8. The number of para-hydroxylation sites is 2. The molecule has 0 atom stereocenters. The molecule has 13 rings (SSSR count). The summed E-state index contributed by atoms with van der Waals surface area (Å²) in [6, 6.07) is 63.6. The van der Waals surface area contributed by atoms with Gasteiger partial charge in [0.1, 0.15) is 11.2 Å². The molecular formula is C73H66BN3O. The highest BCUT2D eigenvalue weighted by Crippen LogP contribution is 2.51. The molecule has 382 valence electrons. The van der Waals surface area contributed by atoms with Gasteiger partial charge in [0.2, 0.25) is 0 Å². The molecule has 11 aromatic rings. The van der Waals surface area contributed by atoms with Crippen molar-refractivity contribution in [2.24, 2.45) is 0 Å². The van der Waals surface area contributed by atoms with Crippen molar-refractivity contribution in [1.82, 2.24) is 4.57 Å². The zero-order valence-corrected chi connectivity index (χ0v) is 46.9. The molecule has 2 aliphatic rings. The average molecular weight is 1010 g/mol. The normalized spacial score (nSPS) is 13.2. The number of furan rings is 1. The minimum absolute atomic E-state index is 0.0889.